The Kier molecular flexibility index (Phi) is 8.57. The molecule has 2 fully saturated rings. The zero-order valence-corrected chi connectivity index (χ0v) is 19.0. The average Bonchev–Trinajstić information content (AvgIpc) is 3.17. The summed E-state index contributed by atoms with van der Waals surface area (Å²) in [7, 11) is 0. The maximum Gasteiger partial charge on any atom is 0.414 e. The van der Waals surface area contributed by atoms with Crippen LogP contribution in [0.15, 0.2) is 47.4 Å². The third kappa shape index (κ3) is 6.12. The number of aryl methyl sites for hydroxylation is 1. The molecule has 4 rings (SSSR count). The minimum absolute atomic E-state index is 0.259. The molecule has 1 atom stereocenters. The summed E-state index contributed by atoms with van der Waals surface area (Å²) in [6.07, 6.45) is -0.889. The smallest absolute Gasteiger partial charge is 0.414 e. The summed E-state index contributed by atoms with van der Waals surface area (Å²) < 4.78 is 30.9. The number of morpholine rings is 1. The van der Waals surface area contributed by atoms with E-state index in [2.05, 4.69) is 0 Å². The van der Waals surface area contributed by atoms with Gasteiger partial charge in [0, 0.05) is 30.0 Å². The lowest BCUT2D eigenvalue weighted by Gasteiger charge is -2.29. The van der Waals surface area contributed by atoms with E-state index in [0.717, 1.165) is 4.90 Å². The number of anilines is 2. The van der Waals surface area contributed by atoms with Crippen LogP contribution in [0.25, 0.3) is 0 Å². The van der Waals surface area contributed by atoms with E-state index in [-0.39, 0.29) is 12.4 Å². The van der Waals surface area contributed by atoms with E-state index in [1.807, 2.05) is 49.9 Å². The van der Waals surface area contributed by atoms with E-state index in [4.69, 9.17) is 13.7 Å². The number of halogens is 1. The Morgan fingerprint density at radius 1 is 1.13 bits per heavy atom. The van der Waals surface area contributed by atoms with Gasteiger partial charge in [-0.15, -0.1) is 0 Å². The number of amides is 1. The fourth-order valence-corrected chi connectivity index (χ4v) is 3.92. The maximum absolute atomic E-state index is 14.6. The Labute approximate surface area is 187 Å². The minimum Gasteiger partial charge on any atom is -0.441 e. The minimum atomic E-state index is -0.488. The van der Waals surface area contributed by atoms with Gasteiger partial charge in [-0.2, -0.15) is 0 Å². The topological polar surface area (TPSA) is 51.2 Å². The molecule has 0 aromatic heterocycles. The highest BCUT2D eigenvalue weighted by atomic mass is 32.2. The van der Waals surface area contributed by atoms with Crippen molar-refractivity contribution in [1.29, 1.82) is 0 Å². The summed E-state index contributed by atoms with van der Waals surface area (Å²) in [6, 6.07) is 12.8. The number of hydrogen-bond donors (Lipinski definition) is 0. The Hall–Kier alpha value is -2.29. The highest BCUT2D eigenvalue weighted by Gasteiger charge is 2.33. The summed E-state index contributed by atoms with van der Waals surface area (Å²) in [5.41, 5.74) is 2.19. The maximum atomic E-state index is 14.6. The van der Waals surface area contributed by atoms with Crippen molar-refractivity contribution >= 4 is 29.5 Å². The largest absolute Gasteiger partial charge is 0.441 e. The summed E-state index contributed by atoms with van der Waals surface area (Å²) >= 11 is 1.25. The zero-order chi connectivity index (χ0) is 22.2. The van der Waals surface area contributed by atoms with Crippen LogP contribution < -0.4 is 9.80 Å². The van der Waals surface area contributed by atoms with Gasteiger partial charge in [-0.25, -0.2) is 9.18 Å². The molecule has 1 amide bonds. The van der Waals surface area contributed by atoms with Crippen molar-refractivity contribution in [1.82, 2.24) is 0 Å². The highest BCUT2D eigenvalue weighted by Crippen LogP contribution is 2.29. The SMILES string of the molecule is CC.Cc1ccc(SOCC2CN(c3ccc(N4CCOCC4)c(F)c3)C(=O)O2)cc1. The molecule has 2 aliphatic heterocycles. The summed E-state index contributed by atoms with van der Waals surface area (Å²) in [6.45, 7) is 9.08. The van der Waals surface area contributed by atoms with Crippen LogP contribution in [-0.4, -0.2) is 51.7 Å². The van der Waals surface area contributed by atoms with Crippen molar-refractivity contribution < 1.29 is 22.8 Å². The van der Waals surface area contributed by atoms with Gasteiger partial charge in [0.25, 0.3) is 0 Å². The number of ether oxygens (including phenoxy) is 2. The lowest BCUT2D eigenvalue weighted by Crippen LogP contribution is -2.36. The highest BCUT2D eigenvalue weighted by molar-refractivity contribution is 7.94. The number of rotatable bonds is 6. The van der Waals surface area contributed by atoms with E-state index < -0.39 is 12.2 Å². The molecule has 8 heteroatoms. The van der Waals surface area contributed by atoms with Gasteiger partial charge >= 0.3 is 6.09 Å². The van der Waals surface area contributed by atoms with Crippen LogP contribution in [0, 0.1) is 12.7 Å². The number of benzene rings is 2. The van der Waals surface area contributed by atoms with E-state index in [9.17, 15) is 9.18 Å². The summed E-state index contributed by atoms with van der Waals surface area (Å²) in [4.78, 5) is 16.6. The van der Waals surface area contributed by atoms with Crippen LogP contribution in [0.3, 0.4) is 0 Å². The number of cyclic esters (lactones) is 1. The molecule has 0 spiro atoms. The van der Waals surface area contributed by atoms with Crippen LogP contribution >= 0.6 is 12.0 Å². The monoisotopic (exact) mass is 448 g/mol. The fourth-order valence-electron chi connectivity index (χ4n) is 3.32. The van der Waals surface area contributed by atoms with Crippen LogP contribution in [0.2, 0.25) is 0 Å². The number of carbonyl (C=O) groups is 1. The van der Waals surface area contributed by atoms with Crippen molar-refractivity contribution in [2.75, 3.05) is 49.3 Å². The van der Waals surface area contributed by atoms with Gasteiger partial charge in [-0.3, -0.25) is 4.90 Å². The molecule has 1 unspecified atom stereocenters. The predicted octanol–water partition coefficient (Wildman–Crippen LogP) is 5.05. The molecule has 0 bridgehead atoms. The van der Waals surface area contributed by atoms with Gasteiger partial charge in [0.2, 0.25) is 0 Å². The molecule has 2 saturated heterocycles. The van der Waals surface area contributed by atoms with Gasteiger partial charge in [0.15, 0.2) is 0 Å². The van der Waals surface area contributed by atoms with E-state index >= 15 is 0 Å². The lowest BCUT2D eigenvalue weighted by molar-refractivity contribution is 0.112. The van der Waals surface area contributed by atoms with Crippen molar-refractivity contribution in [2.45, 2.75) is 31.8 Å². The molecule has 168 valence electrons. The molecule has 0 aliphatic carbocycles. The third-order valence-corrected chi connectivity index (χ3v) is 5.62. The van der Waals surface area contributed by atoms with Gasteiger partial charge in [0.05, 0.1) is 31.1 Å². The molecule has 2 aromatic rings. The second kappa shape index (κ2) is 11.4. The number of carbonyl (C=O) groups excluding carboxylic acids is 1. The van der Waals surface area contributed by atoms with E-state index in [1.54, 1.807) is 12.1 Å². The summed E-state index contributed by atoms with van der Waals surface area (Å²) in [5, 5.41) is 0. The Morgan fingerprint density at radius 2 is 1.84 bits per heavy atom. The molecular weight excluding hydrogens is 419 g/mol. The van der Waals surface area contributed by atoms with Crippen LogP contribution in [0.4, 0.5) is 20.6 Å². The summed E-state index contributed by atoms with van der Waals surface area (Å²) in [5.74, 6) is -0.355. The van der Waals surface area contributed by atoms with Crippen molar-refractivity contribution in [3.05, 3.63) is 53.8 Å². The van der Waals surface area contributed by atoms with Crippen molar-refractivity contribution in [3.8, 4) is 0 Å². The van der Waals surface area contributed by atoms with E-state index in [0.29, 0.717) is 44.2 Å². The standard InChI is InChI=1S/C21H23FN2O4S.C2H6/c1-15-2-5-18(6-3-15)29-27-14-17-13-24(21(25)28-17)16-4-7-20(19(22)12-16)23-8-10-26-11-9-23;1-2/h2-7,12,17H,8-11,13-14H2,1H3;1-2H3. The van der Waals surface area contributed by atoms with Gasteiger partial charge < -0.3 is 18.6 Å². The molecule has 2 aromatic carbocycles. The van der Waals surface area contributed by atoms with Gasteiger partial charge in [-0.05, 0) is 37.3 Å². The van der Waals surface area contributed by atoms with Crippen LogP contribution in [0.1, 0.15) is 19.4 Å². The molecule has 31 heavy (non-hydrogen) atoms. The van der Waals surface area contributed by atoms with Crippen LogP contribution in [-0.2, 0) is 13.7 Å². The molecule has 0 radical (unpaired) electrons. The van der Waals surface area contributed by atoms with Crippen LogP contribution in [0.5, 0.6) is 0 Å². The molecule has 2 heterocycles. The first kappa shape index (κ1) is 23.4. The molecule has 0 N–H and O–H groups in total. The first-order chi connectivity index (χ1) is 15.1. The first-order valence-electron chi connectivity index (χ1n) is 10.6. The van der Waals surface area contributed by atoms with Crippen molar-refractivity contribution in [2.24, 2.45) is 0 Å². The predicted molar refractivity (Wildman–Crippen MR) is 121 cm³/mol. The second-order valence-electron chi connectivity index (χ2n) is 7.03. The second-order valence-corrected chi connectivity index (χ2v) is 7.91. The van der Waals surface area contributed by atoms with Gasteiger partial charge in [0.1, 0.15) is 18.5 Å². The first-order valence-corrected chi connectivity index (χ1v) is 11.3. The fraction of sp³-hybridized carbons (Fsp3) is 0.435. The molecule has 2 aliphatic rings. The number of hydrogen-bond acceptors (Lipinski definition) is 6. The molecule has 6 nitrogen and oxygen atoms in total. The Morgan fingerprint density at radius 3 is 2.52 bits per heavy atom. The van der Waals surface area contributed by atoms with Crippen molar-refractivity contribution in [3.63, 3.8) is 0 Å². The van der Waals surface area contributed by atoms with E-state index in [1.165, 1.54) is 28.6 Å². The Balaban J connectivity index is 0.00000132. The normalized spacial score (nSPS) is 18.5. The van der Waals surface area contributed by atoms with Gasteiger partial charge in [-0.1, -0.05) is 31.5 Å². The quantitative estimate of drug-likeness (QED) is 0.577. The molecular formula is C23H29FN2O4S. The third-order valence-electron chi connectivity index (χ3n) is 4.90. The zero-order valence-electron chi connectivity index (χ0n) is 18.2. The number of nitrogens with zero attached hydrogens (tertiary/aromatic N) is 2. The average molecular weight is 449 g/mol. The molecule has 0 saturated carbocycles. The lowest BCUT2D eigenvalue weighted by atomic mass is 10.2. The Bertz CT molecular complexity index is 859.